The Bertz CT molecular complexity index is 503. The Morgan fingerprint density at radius 2 is 2.12 bits per heavy atom. The summed E-state index contributed by atoms with van der Waals surface area (Å²) in [6, 6.07) is 4.07. The fourth-order valence-electron chi connectivity index (χ4n) is 2.38. The number of aliphatic carboxylic acids is 1. The van der Waals surface area contributed by atoms with Gasteiger partial charge in [-0.15, -0.1) is 0 Å². The average Bonchev–Trinajstić information content (AvgIpc) is 2.38. The molecule has 0 bridgehead atoms. The fourth-order valence-corrected chi connectivity index (χ4v) is 2.38. The van der Waals surface area contributed by atoms with Crippen LogP contribution >= 0.6 is 0 Å². The van der Waals surface area contributed by atoms with Crippen LogP contribution in [0.5, 0.6) is 0 Å². The Kier molecular flexibility index (Phi) is 3.01. The van der Waals surface area contributed by atoms with E-state index >= 15 is 0 Å². The standard InChI is InChI=1S/C14H17NO2/c1-8-4-6-12(14(16)17)10(3)13-11(8)7-5-9(2)15-13/h5,7-8H,4,6H2,1-3H3,(H,16,17)/t8-/m0/s1. The summed E-state index contributed by atoms with van der Waals surface area (Å²) in [5.74, 6) is -0.448. The number of hydrogen-bond acceptors (Lipinski definition) is 2. The van der Waals surface area contributed by atoms with Gasteiger partial charge in [-0.1, -0.05) is 13.0 Å². The van der Waals surface area contributed by atoms with Gasteiger partial charge in [0.15, 0.2) is 0 Å². The molecule has 1 aromatic heterocycles. The number of carbonyl (C=O) groups is 1. The Balaban J connectivity index is 2.65. The van der Waals surface area contributed by atoms with Crippen LogP contribution in [0.1, 0.15) is 49.6 Å². The van der Waals surface area contributed by atoms with Crippen molar-refractivity contribution in [1.29, 1.82) is 0 Å². The maximum atomic E-state index is 11.2. The molecular formula is C14H17NO2. The summed E-state index contributed by atoms with van der Waals surface area (Å²) >= 11 is 0. The quantitative estimate of drug-likeness (QED) is 0.807. The molecule has 0 spiro atoms. The van der Waals surface area contributed by atoms with Crippen LogP contribution in [-0.4, -0.2) is 16.1 Å². The first-order valence-corrected chi connectivity index (χ1v) is 5.91. The van der Waals surface area contributed by atoms with Gasteiger partial charge in [0, 0.05) is 11.3 Å². The minimum absolute atomic E-state index is 0.366. The number of rotatable bonds is 1. The molecule has 0 fully saturated rings. The highest BCUT2D eigenvalue weighted by Crippen LogP contribution is 2.35. The summed E-state index contributed by atoms with van der Waals surface area (Å²) in [6.45, 7) is 5.93. The molecule has 1 N–H and O–H groups in total. The third-order valence-electron chi connectivity index (χ3n) is 3.49. The molecule has 1 heterocycles. The lowest BCUT2D eigenvalue weighted by molar-refractivity contribution is -0.132. The van der Waals surface area contributed by atoms with E-state index in [0.29, 0.717) is 17.9 Å². The minimum atomic E-state index is -0.814. The second kappa shape index (κ2) is 4.32. The highest BCUT2D eigenvalue weighted by atomic mass is 16.4. The zero-order valence-electron chi connectivity index (χ0n) is 10.4. The third-order valence-corrected chi connectivity index (χ3v) is 3.49. The lowest BCUT2D eigenvalue weighted by Gasteiger charge is -2.12. The summed E-state index contributed by atoms with van der Waals surface area (Å²) in [6.07, 6.45) is 1.49. The highest BCUT2D eigenvalue weighted by Gasteiger charge is 2.23. The van der Waals surface area contributed by atoms with Gasteiger partial charge in [0.25, 0.3) is 0 Å². The highest BCUT2D eigenvalue weighted by molar-refractivity contribution is 5.96. The van der Waals surface area contributed by atoms with Crippen LogP contribution in [-0.2, 0) is 4.79 Å². The molecule has 0 radical (unpaired) electrons. The zero-order valence-corrected chi connectivity index (χ0v) is 10.4. The van der Waals surface area contributed by atoms with Gasteiger partial charge in [-0.25, -0.2) is 4.79 Å². The molecule has 3 nitrogen and oxygen atoms in total. The van der Waals surface area contributed by atoms with Crippen molar-refractivity contribution in [3.63, 3.8) is 0 Å². The van der Waals surface area contributed by atoms with Gasteiger partial charge >= 0.3 is 5.97 Å². The second-order valence-corrected chi connectivity index (χ2v) is 4.74. The van der Waals surface area contributed by atoms with E-state index in [1.807, 2.05) is 19.9 Å². The topological polar surface area (TPSA) is 50.2 Å². The van der Waals surface area contributed by atoms with E-state index in [0.717, 1.165) is 23.4 Å². The minimum Gasteiger partial charge on any atom is -0.478 e. The lowest BCUT2D eigenvalue weighted by atomic mass is 9.96. The molecule has 1 aliphatic carbocycles. The number of aryl methyl sites for hydroxylation is 1. The molecule has 2 rings (SSSR count). The van der Waals surface area contributed by atoms with Crippen LogP contribution in [0.4, 0.5) is 0 Å². The summed E-state index contributed by atoms with van der Waals surface area (Å²) in [5.41, 5.74) is 4.30. The molecule has 17 heavy (non-hydrogen) atoms. The van der Waals surface area contributed by atoms with E-state index in [1.54, 1.807) is 0 Å². The van der Waals surface area contributed by atoms with Crippen LogP contribution in [0.25, 0.3) is 5.57 Å². The number of allylic oxidation sites excluding steroid dienone is 1. The van der Waals surface area contributed by atoms with Crippen molar-refractivity contribution in [3.8, 4) is 0 Å². The molecule has 0 amide bonds. The zero-order chi connectivity index (χ0) is 12.6. The van der Waals surface area contributed by atoms with Gasteiger partial charge in [-0.3, -0.25) is 4.98 Å². The first-order valence-electron chi connectivity index (χ1n) is 5.91. The Labute approximate surface area is 101 Å². The van der Waals surface area contributed by atoms with E-state index in [2.05, 4.69) is 18.0 Å². The first-order chi connectivity index (χ1) is 8.00. The van der Waals surface area contributed by atoms with E-state index in [9.17, 15) is 9.90 Å². The van der Waals surface area contributed by atoms with Gasteiger partial charge in [-0.05, 0) is 49.8 Å². The van der Waals surface area contributed by atoms with Crippen molar-refractivity contribution in [2.24, 2.45) is 0 Å². The molecule has 1 aromatic rings. The van der Waals surface area contributed by atoms with E-state index < -0.39 is 5.97 Å². The van der Waals surface area contributed by atoms with Gasteiger partial charge in [0.05, 0.1) is 5.69 Å². The molecule has 90 valence electrons. The molecule has 0 unspecified atom stereocenters. The summed E-state index contributed by atoms with van der Waals surface area (Å²) in [5, 5.41) is 9.23. The van der Waals surface area contributed by atoms with Crippen LogP contribution < -0.4 is 0 Å². The van der Waals surface area contributed by atoms with Crippen molar-refractivity contribution in [3.05, 3.63) is 34.7 Å². The molecule has 1 atom stereocenters. The SMILES string of the molecule is CC1=C(C(=O)O)CC[C@H](C)c2ccc(C)nc21. The Hall–Kier alpha value is -1.64. The van der Waals surface area contributed by atoms with E-state index in [-0.39, 0.29) is 0 Å². The first kappa shape index (κ1) is 11.8. The average molecular weight is 231 g/mol. The lowest BCUT2D eigenvalue weighted by Crippen LogP contribution is -2.03. The number of nitrogens with zero attached hydrogens (tertiary/aromatic N) is 1. The molecule has 0 saturated carbocycles. The van der Waals surface area contributed by atoms with Gasteiger partial charge < -0.3 is 5.11 Å². The van der Waals surface area contributed by atoms with Crippen LogP contribution in [0.2, 0.25) is 0 Å². The molecule has 1 aliphatic rings. The number of hydrogen-bond donors (Lipinski definition) is 1. The summed E-state index contributed by atoms with van der Waals surface area (Å²) in [7, 11) is 0. The Morgan fingerprint density at radius 1 is 1.41 bits per heavy atom. The van der Waals surface area contributed by atoms with Crippen LogP contribution in [0, 0.1) is 6.92 Å². The molecule has 0 aromatic carbocycles. The maximum Gasteiger partial charge on any atom is 0.331 e. The van der Waals surface area contributed by atoms with Crippen LogP contribution in [0.15, 0.2) is 17.7 Å². The van der Waals surface area contributed by atoms with E-state index in [4.69, 9.17) is 0 Å². The molecule has 0 aliphatic heterocycles. The second-order valence-electron chi connectivity index (χ2n) is 4.74. The number of aromatic nitrogens is 1. The number of pyridine rings is 1. The molecule has 0 saturated heterocycles. The van der Waals surface area contributed by atoms with Crippen molar-refractivity contribution in [1.82, 2.24) is 4.98 Å². The number of fused-ring (bicyclic) bond motifs is 1. The van der Waals surface area contributed by atoms with Crippen LogP contribution in [0.3, 0.4) is 0 Å². The molecular weight excluding hydrogens is 214 g/mol. The monoisotopic (exact) mass is 231 g/mol. The maximum absolute atomic E-state index is 11.2. The van der Waals surface area contributed by atoms with Crippen molar-refractivity contribution >= 4 is 11.5 Å². The van der Waals surface area contributed by atoms with Gasteiger partial charge in [-0.2, -0.15) is 0 Å². The van der Waals surface area contributed by atoms with Gasteiger partial charge in [0.2, 0.25) is 0 Å². The normalized spacial score (nSPS) is 19.8. The number of carboxylic acids is 1. The van der Waals surface area contributed by atoms with E-state index in [1.165, 1.54) is 5.56 Å². The fraction of sp³-hybridized carbons (Fsp3) is 0.429. The number of carboxylic acid groups (broad SMARTS) is 1. The van der Waals surface area contributed by atoms with Gasteiger partial charge in [0.1, 0.15) is 0 Å². The van der Waals surface area contributed by atoms with Crippen molar-refractivity contribution in [2.45, 2.75) is 39.5 Å². The summed E-state index contributed by atoms with van der Waals surface area (Å²) in [4.78, 5) is 15.7. The van der Waals surface area contributed by atoms with Crippen molar-refractivity contribution < 1.29 is 9.90 Å². The predicted molar refractivity (Wildman–Crippen MR) is 66.9 cm³/mol. The Morgan fingerprint density at radius 3 is 2.76 bits per heavy atom. The molecule has 3 heteroatoms. The summed E-state index contributed by atoms with van der Waals surface area (Å²) < 4.78 is 0. The predicted octanol–water partition coefficient (Wildman–Crippen LogP) is 3.15. The van der Waals surface area contributed by atoms with Crippen molar-refractivity contribution in [2.75, 3.05) is 0 Å². The largest absolute Gasteiger partial charge is 0.478 e. The smallest absolute Gasteiger partial charge is 0.331 e. The third kappa shape index (κ3) is 2.09.